The SMILES string of the molecule is CC(C)(C)OP(=O)(O)OC(COC(=O)NCCC(=O)NCCCO[C@H]1C[C@@H](O)[C@@H](O)[C@@H](CO)O1)COC(=O)NCCC(=O)NCCCO[C@H]1C[C@@H](O)[C@@H](O)[C@@H](CO)O1. The molecule has 0 spiro atoms. The Kier molecular flexibility index (Phi) is 23.4. The zero-order valence-corrected chi connectivity index (χ0v) is 33.8. The van der Waals surface area contributed by atoms with Crippen molar-refractivity contribution in [3.05, 3.63) is 0 Å². The molecule has 2 rings (SSSR count). The number of phosphoric acid groups is 1. The number of hydrogen-bond acceptors (Lipinski definition) is 19. The molecule has 2 fully saturated rings. The molecular weight excluding hydrogens is 803 g/mol. The first-order valence-electron chi connectivity index (χ1n) is 18.9. The summed E-state index contributed by atoms with van der Waals surface area (Å²) in [4.78, 5) is 59.1. The van der Waals surface area contributed by atoms with Gasteiger partial charge in [0.05, 0.1) is 44.2 Å². The van der Waals surface area contributed by atoms with Crippen molar-refractivity contribution in [1.29, 1.82) is 0 Å². The fourth-order valence-corrected chi connectivity index (χ4v) is 6.45. The van der Waals surface area contributed by atoms with Crippen LogP contribution in [0.5, 0.6) is 0 Å². The summed E-state index contributed by atoms with van der Waals surface area (Å²) in [5, 5.41) is 67.6. The molecule has 0 radical (unpaired) electrons. The number of amides is 4. The minimum Gasteiger partial charge on any atom is -0.447 e. The van der Waals surface area contributed by atoms with Crippen LogP contribution in [0.2, 0.25) is 0 Å². The van der Waals surface area contributed by atoms with Crippen LogP contribution in [0.25, 0.3) is 0 Å². The third kappa shape index (κ3) is 21.4. The van der Waals surface area contributed by atoms with Gasteiger partial charge in [0.25, 0.3) is 0 Å². The monoisotopic (exact) mass is 864 g/mol. The Labute approximate surface area is 335 Å². The highest BCUT2D eigenvalue weighted by Crippen LogP contribution is 2.48. The first-order chi connectivity index (χ1) is 27.3. The Hall–Kier alpha value is -2.81. The molecule has 2 aliphatic heterocycles. The second kappa shape index (κ2) is 26.4. The molecule has 0 aromatic rings. The van der Waals surface area contributed by atoms with E-state index in [2.05, 4.69) is 21.3 Å². The van der Waals surface area contributed by atoms with Crippen LogP contribution in [0.15, 0.2) is 0 Å². The molecule has 1 unspecified atom stereocenters. The van der Waals surface area contributed by atoms with E-state index in [4.69, 9.17) is 37.5 Å². The van der Waals surface area contributed by atoms with Crippen LogP contribution in [0, 0.1) is 0 Å². The number of phosphoric ester groups is 1. The number of nitrogens with one attached hydrogen (secondary N) is 4. The summed E-state index contributed by atoms with van der Waals surface area (Å²) in [5.74, 6) is -0.824. The van der Waals surface area contributed by atoms with Crippen molar-refractivity contribution < 1.29 is 96.7 Å². The number of aliphatic hydroxyl groups is 6. The van der Waals surface area contributed by atoms with Gasteiger partial charge in [0, 0.05) is 51.9 Å². The highest BCUT2D eigenvalue weighted by Gasteiger charge is 2.38. The molecule has 0 bridgehead atoms. The summed E-state index contributed by atoms with van der Waals surface area (Å²) in [5.41, 5.74) is -1.11. The van der Waals surface area contributed by atoms with Gasteiger partial charge in [0.1, 0.15) is 43.7 Å². The van der Waals surface area contributed by atoms with E-state index >= 15 is 0 Å². The molecule has 4 amide bonds. The van der Waals surface area contributed by atoms with E-state index in [1.165, 1.54) is 20.8 Å². The van der Waals surface area contributed by atoms with Crippen molar-refractivity contribution in [1.82, 2.24) is 21.3 Å². The van der Waals surface area contributed by atoms with Crippen molar-refractivity contribution in [2.75, 3.05) is 65.8 Å². The van der Waals surface area contributed by atoms with E-state index in [0.717, 1.165) is 0 Å². The number of rotatable bonds is 25. The van der Waals surface area contributed by atoms with E-state index in [9.17, 15) is 59.3 Å². The highest BCUT2D eigenvalue weighted by atomic mass is 31.2. The lowest BCUT2D eigenvalue weighted by Crippen LogP contribution is -2.50. The molecule has 338 valence electrons. The van der Waals surface area contributed by atoms with Crippen molar-refractivity contribution in [2.24, 2.45) is 0 Å². The minimum atomic E-state index is -4.75. The average molecular weight is 865 g/mol. The van der Waals surface area contributed by atoms with Gasteiger partial charge in [-0.25, -0.2) is 14.2 Å². The maximum absolute atomic E-state index is 12.6. The fourth-order valence-electron chi connectivity index (χ4n) is 5.21. The zero-order valence-electron chi connectivity index (χ0n) is 32.9. The fraction of sp³-hybridized carbons (Fsp3) is 0.879. The summed E-state index contributed by atoms with van der Waals surface area (Å²) in [6, 6.07) is 0. The molecule has 2 heterocycles. The maximum Gasteiger partial charge on any atom is 0.473 e. The van der Waals surface area contributed by atoms with Crippen molar-refractivity contribution >= 4 is 31.8 Å². The second-order valence-corrected chi connectivity index (χ2v) is 15.6. The number of ether oxygens (including phenoxy) is 6. The second-order valence-electron chi connectivity index (χ2n) is 14.3. The number of alkyl carbamates (subject to hydrolysis) is 2. The van der Waals surface area contributed by atoms with Crippen LogP contribution < -0.4 is 21.3 Å². The number of carbonyl (C=O) groups is 4. The van der Waals surface area contributed by atoms with E-state index in [0.29, 0.717) is 12.8 Å². The number of aliphatic hydroxyl groups excluding tert-OH is 6. The largest absolute Gasteiger partial charge is 0.473 e. The van der Waals surface area contributed by atoms with E-state index in [1.54, 1.807) is 0 Å². The van der Waals surface area contributed by atoms with Gasteiger partial charge >= 0.3 is 20.0 Å². The Morgan fingerprint density at radius 2 is 1.12 bits per heavy atom. The molecule has 2 aliphatic rings. The van der Waals surface area contributed by atoms with Gasteiger partial charge in [-0.1, -0.05) is 0 Å². The van der Waals surface area contributed by atoms with Gasteiger partial charge in [0.2, 0.25) is 11.8 Å². The van der Waals surface area contributed by atoms with E-state index in [1.807, 2.05) is 0 Å². The Balaban J connectivity index is 1.65. The van der Waals surface area contributed by atoms with Gasteiger partial charge in [-0.15, -0.1) is 0 Å². The van der Waals surface area contributed by atoms with Crippen LogP contribution in [0.1, 0.15) is 59.3 Å². The lowest BCUT2D eigenvalue weighted by Gasteiger charge is -2.36. The Morgan fingerprint density at radius 1 is 0.707 bits per heavy atom. The van der Waals surface area contributed by atoms with Gasteiger partial charge in [-0.05, 0) is 33.6 Å². The third-order valence-electron chi connectivity index (χ3n) is 8.04. The van der Waals surface area contributed by atoms with E-state index in [-0.39, 0.29) is 65.1 Å². The van der Waals surface area contributed by atoms with Crippen LogP contribution in [-0.2, 0) is 51.6 Å². The summed E-state index contributed by atoms with van der Waals surface area (Å²) in [6.45, 7) is 2.59. The summed E-state index contributed by atoms with van der Waals surface area (Å²) in [7, 11) is -4.75. The summed E-state index contributed by atoms with van der Waals surface area (Å²) in [6.07, 6.45) is -11.3. The normalized spacial score (nSPS) is 26.0. The summed E-state index contributed by atoms with van der Waals surface area (Å²) >= 11 is 0. The molecule has 24 nitrogen and oxygen atoms in total. The van der Waals surface area contributed by atoms with Gasteiger partial charge in [-0.3, -0.25) is 18.6 Å². The molecule has 0 aromatic heterocycles. The molecule has 58 heavy (non-hydrogen) atoms. The topological polar surface area (TPSA) is 349 Å². The first kappa shape index (κ1) is 51.3. The average Bonchev–Trinajstić information content (AvgIpc) is 3.13. The molecule has 11 N–H and O–H groups in total. The van der Waals surface area contributed by atoms with Crippen molar-refractivity contribution in [3.63, 3.8) is 0 Å². The molecule has 2 saturated heterocycles. The molecule has 9 atom stereocenters. The molecule has 25 heteroatoms. The number of hydrogen-bond donors (Lipinski definition) is 11. The molecular formula is C33H61N4O20P. The van der Waals surface area contributed by atoms with Gasteiger partial charge in [0.15, 0.2) is 12.6 Å². The molecule has 0 aliphatic carbocycles. The minimum absolute atomic E-state index is 0.0162. The van der Waals surface area contributed by atoms with Crippen LogP contribution in [-0.4, -0.2) is 186 Å². The lowest BCUT2D eigenvalue weighted by molar-refractivity contribution is -0.256. The van der Waals surface area contributed by atoms with Crippen LogP contribution in [0.3, 0.4) is 0 Å². The quantitative estimate of drug-likeness (QED) is 0.0327. The smallest absolute Gasteiger partial charge is 0.447 e. The van der Waals surface area contributed by atoms with Crippen molar-refractivity contribution in [2.45, 2.75) is 120 Å². The standard InChI is InChI=1S/C33H61N4O20P/c1-33(2,3)57-58(48,49)56-20(18-52-31(46)36-10-6-25(42)34-8-4-12-50-27-14-21(40)29(44)23(16-38)54-27)19-53-32(47)37-11-7-26(43)35-9-5-13-51-28-15-22(41)30(45)24(17-39)55-28/h20-24,27-30,38-41,44-45H,4-19H2,1-3H3,(H,34,42)(H,35,43)(H,36,46)(H,37,47)(H,48,49)/t21-,22-,23-,24-,27-,28-,29-,30-/m1/s1. The van der Waals surface area contributed by atoms with Crippen LogP contribution >= 0.6 is 7.82 Å². The Bertz CT molecular complexity index is 1220. The predicted molar refractivity (Wildman–Crippen MR) is 195 cm³/mol. The third-order valence-corrected chi connectivity index (χ3v) is 9.38. The highest BCUT2D eigenvalue weighted by molar-refractivity contribution is 7.47. The first-order valence-corrected chi connectivity index (χ1v) is 20.4. The molecule has 0 saturated carbocycles. The molecule has 0 aromatic carbocycles. The van der Waals surface area contributed by atoms with Crippen LogP contribution in [0.4, 0.5) is 9.59 Å². The summed E-state index contributed by atoms with van der Waals surface area (Å²) < 4.78 is 54.4. The van der Waals surface area contributed by atoms with Gasteiger partial charge in [-0.2, -0.15) is 0 Å². The zero-order chi connectivity index (χ0) is 43.3. The lowest BCUT2D eigenvalue weighted by atomic mass is 10.0. The Morgan fingerprint density at radius 3 is 1.50 bits per heavy atom. The van der Waals surface area contributed by atoms with Crippen molar-refractivity contribution in [3.8, 4) is 0 Å². The van der Waals surface area contributed by atoms with Gasteiger partial charge < -0.3 is 85.2 Å². The number of carbonyl (C=O) groups excluding carboxylic acids is 4. The predicted octanol–water partition coefficient (Wildman–Crippen LogP) is -2.78. The van der Waals surface area contributed by atoms with E-state index < -0.39 is 119 Å². The maximum atomic E-state index is 12.6.